The first-order valence-corrected chi connectivity index (χ1v) is 6.28. The molecule has 2 N–H and O–H groups in total. The van der Waals surface area contributed by atoms with Crippen molar-refractivity contribution in [2.45, 2.75) is 45.9 Å². The smallest absolute Gasteiger partial charge is 0.225 e. The molecule has 0 aliphatic rings. The van der Waals surface area contributed by atoms with Crippen LogP contribution in [0.5, 0.6) is 0 Å². The van der Waals surface area contributed by atoms with E-state index in [1.165, 1.54) is 0 Å². The van der Waals surface area contributed by atoms with Gasteiger partial charge in [0.2, 0.25) is 5.95 Å². The van der Waals surface area contributed by atoms with Gasteiger partial charge < -0.3 is 15.0 Å². The van der Waals surface area contributed by atoms with E-state index in [1.54, 1.807) is 19.4 Å². The van der Waals surface area contributed by atoms with Gasteiger partial charge in [-0.25, -0.2) is 9.97 Å². The zero-order valence-electron chi connectivity index (χ0n) is 11.0. The molecule has 2 aromatic heterocycles. The number of rotatable bonds is 5. The first-order valence-electron chi connectivity index (χ1n) is 6.28. The fraction of sp³-hybridized carbons (Fsp3) is 0.583. The monoisotopic (exact) mass is 249 g/mol. The lowest BCUT2D eigenvalue weighted by Gasteiger charge is -2.19. The minimum Gasteiger partial charge on any atom is -0.391 e. The Balaban J connectivity index is 2.28. The Morgan fingerprint density at radius 2 is 2.17 bits per heavy atom. The molecule has 2 rings (SSSR count). The molecule has 0 amide bonds. The van der Waals surface area contributed by atoms with Gasteiger partial charge in [0.15, 0.2) is 5.65 Å². The number of aromatic nitrogens is 4. The van der Waals surface area contributed by atoms with Crippen molar-refractivity contribution >= 4 is 17.1 Å². The molecular weight excluding hydrogens is 230 g/mol. The summed E-state index contributed by atoms with van der Waals surface area (Å²) in [4.78, 5) is 12.9. The standard InChI is InChI=1S/C12H19N5O/c1-4-9(8(3)18)15-12-13-6-10-11(16-12)17(5-2)7-14-10/h6-9,18H,4-5H2,1-3H3,(H,13,15,16)/t8-,9+/m1/s1. The Morgan fingerprint density at radius 3 is 2.78 bits per heavy atom. The Hall–Kier alpha value is -1.69. The third-order valence-corrected chi connectivity index (χ3v) is 3.04. The van der Waals surface area contributed by atoms with Crippen LogP contribution in [0.3, 0.4) is 0 Å². The van der Waals surface area contributed by atoms with Gasteiger partial charge in [-0.15, -0.1) is 0 Å². The summed E-state index contributed by atoms with van der Waals surface area (Å²) in [7, 11) is 0. The summed E-state index contributed by atoms with van der Waals surface area (Å²) in [6, 6.07) is -0.0413. The molecule has 0 bridgehead atoms. The highest BCUT2D eigenvalue weighted by atomic mass is 16.3. The number of aliphatic hydroxyl groups excluding tert-OH is 1. The lowest BCUT2D eigenvalue weighted by atomic mass is 10.1. The van der Waals surface area contributed by atoms with E-state index in [9.17, 15) is 5.11 Å². The first kappa shape index (κ1) is 12.8. The topological polar surface area (TPSA) is 75.9 Å². The van der Waals surface area contributed by atoms with Gasteiger partial charge in [-0.1, -0.05) is 6.92 Å². The van der Waals surface area contributed by atoms with Gasteiger partial charge in [0.25, 0.3) is 0 Å². The minimum atomic E-state index is -0.439. The number of anilines is 1. The fourth-order valence-electron chi connectivity index (χ4n) is 1.89. The second-order valence-corrected chi connectivity index (χ2v) is 4.33. The predicted octanol–water partition coefficient (Wildman–Crippen LogP) is 1.42. The second kappa shape index (κ2) is 5.30. The van der Waals surface area contributed by atoms with Crippen LogP contribution in [0, 0.1) is 0 Å². The Morgan fingerprint density at radius 1 is 1.39 bits per heavy atom. The third kappa shape index (κ3) is 2.43. The molecule has 0 radical (unpaired) electrons. The average molecular weight is 249 g/mol. The summed E-state index contributed by atoms with van der Waals surface area (Å²) < 4.78 is 1.96. The molecular formula is C12H19N5O. The van der Waals surface area contributed by atoms with E-state index < -0.39 is 6.10 Å². The largest absolute Gasteiger partial charge is 0.391 e. The number of nitrogens with one attached hydrogen (secondary N) is 1. The zero-order valence-corrected chi connectivity index (χ0v) is 11.0. The molecule has 2 aromatic rings. The predicted molar refractivity (Wildman–Crippen MR) is 70.4 cm³/mol. The molecule has 0 saturated heterocycles. The SMILES string of the molecule is CC[C@H](Nc1ncc2ncn(CC)c2n1)[C@@H](C)O. The summed E-state index contributed by atoms with van der Waals surface area (Å²) in [6.45, 7) is 6.64. The maximum atomic E-state index is 9.61. The molecule has 0 unspecified atom stereocenters. The van der Waals surface area contributed by atoms with Crippen LogP contribution in [-0.4, -0.2) is 36.8 Å². The van der Waals surface area contributed by atoms with Crippen LogP contribution in [0.2, 0.25) is 0 Å². The average Bonchev–Trinajstić information content (AvgIpc) is 2.77. The van der Waals surface area contributed by atoms with E-state index >= 15 is 0 Å². The van der Waals surface area contributed by atoms with Crippen LogP contribution in [-0.2, 0) is 6.54 Å². The number of hydrogen-bond acceptors (Lipinski definition) is 5. The number of imidazole rings is 1. The van der Waals surface area contributed by atoms with E-state index in [4.69, 9.17) is 0 Å². The summed E-state index contributed by atoms with van der Waals surface area (Å²) in [5.74, 6) is 0.533. The molecule has 6 nitrogen and oxygen atoms in total. The van der Waals surface area contributed by atoms with Crippen molar-refractivity contribution in [1.82, 2.24) is 19.5 Å². The van der Waals surface area contributed by atoms with Gasteiger partial charge in [-0.2, -0.15) is 4.98 Å². The van der Waals surface area contributed by atoms with E-state index in [2.05, 4.69) is 20.3 Å². The molecule has 0 fully saturated rings. The van der Waals surface area contributed by atoms with Crippen molar-refractivity contribution in [2.24, 2.45) is 0 Å². The zero-order chi connectivity index (χ0) is 13.1. The Kier molecular flexibility index (Phi) is 3.76. The molecule has 98 valence electrons. The molecule has 18 heavy (non-hydrogen) atoms. The van der Waals surface area contributed by atoms with E-state index in [0.717, 1.165) is 24.1 Å². The summed E-state index contributed by atoms with van der Waals surface area (Å²) >= 11 is 0. The van der Waals surface area contributed by atoms with Crippen molar-refractivity contribution < 1.29 is 5.11 Å². The van der Waals surface area contributed by atoms with Crippen LogP contribution in [0.25, 0.3) is 11.2 Å². The van der Waals surface area contributed by atoms with Crippen molar-refractivity contribution in [1.29, 1.82) is 0 Å². The quantitative estimate of drug-likeness (QED) is 0.838. The third-order valence-electron chi connectivity index (χ3n) is 3.04. The summed E-state index contributed by atoms with van der Waals surface area (Å²) in [5.41, 5.74) is 1.60. The van der Waals surface area contributed by atoms with Gasteiger partial charge in [-0.3, -0.25) is 0 Å². The maximum absolute atomic E-state index is 9.61. The lowest BCUT2D eigenvalue weighted by molar-refractivity contribution is 0.169. The van der Waals surface area contributed by atoms with Gasteiger partial charge in [-0.05, 0) is 20.3 Å². The fourth-order valence-corrected chi connectivity index (χ4v) is 1.89. The molecule has 0 saturated carbocycles. The molecule has 0 spiro atoms. The van der Waals surface area contributed by atoms with Gasteiger partial charge in [0.1, 0.15) is 5.52 Å². The Bertz CT molecular complexity index is 522. The second-order valence-electron chi connectivity index (χ2n) is 4.33. The van der Waals surface area contributed by atoms with E-state index in [-0.39, 0.29) is 6.04 Å². The number of fused-ring (bicyclic) bond motifs is 1. The van der Waals surface area contributed by atoms with Crippen LogP contribution < -0.4 is 5.32 Å². The number of nitrogens with zero attached hydrogens (tertiary/aromatic N) is 4. The van der Waals surface area contributed by atoms with Crippen molar-refractivity contribution in [3.05, 3.63) is 12.5 Å². The van der Waals surface area contributed by atoms with Crippen molar-refractivity contribution in [3.63, 3.8) is 0 Å². The number of aryl methyl sites for hydroxylation is 1. The first-order chi connectivity index (χ1) is 8.65. The number of aliphatic hydroxyl groups is 1. The van der Waals surface area contributed by atoms with Crippen LogP contribution in [0.1, 0.15) is 27.2 Å². The molecule has 2 atom stereocenters. The molecule has 0 aliphatic carbocycles. The molecule has 6 heteroatoms. The van der Waals surface area contributed by atoms with Crippen LogP contribution >= 0.6 is 0 Å². The lowest BCUT2D eigenvalue weighted by Crippen LogP contribution is -2.31. The summed E-state index contributed by atoms with van der Waals surface area (Å²) in [6.07, 6.45) is 3.83. The molecule has 0 aliphatic heterocycles. The van der Waals surface area contributed by atoms with Crippen molar-refractivity contribution in [2.75, 3.05) is 5.32 Å². The van der Waals surface area contributed by atoms with Gasteiger partial charge >= 0.3 is 0 Å². The van der Waals surface area contributed by atoms with Crippen LogP contribution in [0.15, 0.2) is 12.5 Å². The molecule has 0 aromatic carbocycles. The number of hydrogen-bond donors (Lipinski definition) is 2. The maximum Gasteiger partial charge on any atom is 0.225 e. The molecule has 2 heterocycles. The summed E-state index contributed by atoms with van der Waals surface area (Å²) in [5, 5.41) is 12.8. The minimum absolute atomic E-state index is 0.0413. The van der Waals surface area contributed by atoms with Crippen molar-refractivity contribution in [3.8, 4) is 0 Å². The highest BCUT2D eigenvalue weighted by Crippen LogP contribution is 2.13. The highest BCUT2D eigenvalue weighted by molar-refractivity contribution is 5.70. The normalized spacial score (nSPS) is 14.7. The van der Waals surface area contributed by atoms with Gasteiger partial charge in [0.05, 0.1) is 24.7 Å². The van der Waals surface area contributed by atoms with Gasteiger partial charge in [0, 0.05) is 6.54 Å². The highest BCUT2D eigenvalue weighted by Gasteiger charge is 2.14. The van der Waals surface area contributed by atoms with E-state index in [0.29, 0.717) is 5.95 Å². The van der Waals surface area contributed by atoms with E-state index in [1.807, 2.05) is 18.4 Å². The van der Waals surface area contributed by atoms with Crippen LogP contribution in [0.4, 0.5) is 5.95 Å². The Labute approximate surface area is 106 Å².